The molecular weight excluding hydrogens is 280 g/mol. The lowest BCUT2D eigenvalue weighted by atomic mass is 10.3. The van der Waals surface area contributed by atoms with Crippen LogP contribution in [-0.4, -0.2) is 43.4 Å². The largest absolute Gasteiger partial charge is 0.491 e. The molecule has 1 atom stereocenters. The molecule has 1 aromatic rings. The van der Waals surface area contributed by atoms with Gasteiger partial charge in [0.25, 0.3) is 0 Å². The number of aliphatic hydroxyl groups excluding tert-OH is 1. The zero-order valence-corrected chi connectivity index (χ0v) is 12.0. The number of benzene rings is 1. The number of nitrogens with two attached hydrogens (primary N) is 2. The fourth-order valence-electron chi connectivity index (χ4n) is 1.46. The van der Waals surface area contributed by atoms with Gasteiger partial charge >= 0.3 is 0 Å². The van der Waals surface area contributed by atoms with Crippen molar-refractivity contribution in [2.45, 2.75) is 12.5 Å². The number of hydrogen-bond donors (Lipinski definition) is 4. The Balaban J connectivity index is 2.07. The van der Waals surface area contributed by atoms with Crippen molar-refractivity contribution in [1.29, 1.82) is 0 Å². The summed E-state index contributed by atoms with van der Waals surface area (Å²) in [5.74, 6) is 0.780. The highest BCUT2D eigenvalue weighted by atomic mass is 35.5. The third kappa shape index (κ3) is 7.83. The summed E-state index contributed by atoms with van der Waals surface area (Å²) in [5.41, 5.74) is 10.4. The summed E-state index contributed by atoms with van der Waals surface area (Å²) >= 11 is 5.76. The maximum absolute atomic E-state index is 9.73. The van der Waals surface area contributed by atoms with Gasteiger partial charge in [-0.15, -0.1) is 0 Å². The summed E-state index contributed by atoms with van der Waals surface area (Å²) in [7, 11) is 0. The van der Waals surface area contributed by atoms with Crippen LogP contribution in [0.1, 0.15) is 6.42 Å². The fraction of sp³-hybridized carbons (Fsp3) is 0.462. The second-order valence-electron chi connectivity index (χ2n) is 4.28. The van der Waals surface area contributed by atoms with Crippen molar-refractivity contribution in [2.75, 3.05) is 26.2 Å². The standard InChI is InChI=1S/C13H21ClN4O2/c14-10-2-4-12(5-3-10)20-9-11(19)8-17-6-1-7-18-13(15)16/h2-5,11,17,19H,1,6-9H2,(H4,15,16,18). The van der Waals surface area contributed by atoms with Crippen LogP contribution in [0.2, 0.25) is 5.02 Å². The van der Waals surface area contributed by atoms with E-state index in [1.807, 2.05) is 0 Å². The summed E-state index contributed by atoms with van der Waals surface area (Å²) in [5, 5.41) is 13.5. The Hall–Kier alpha value is -1.50. The van der Waals surface area contributed by atoms with Gasteiger partial charge in [0.2, 0.25) is 0 Å². The molecule has 1 unspecified atom stereocenters. The third-order valence-corrected chi connectivity index (χ3v) is 2.69. The van der Waals surface area contributed by atoms with E-state index in [2.05, 4.69) is 10.3 Å². The van der Waals surface area contributed by atoms with Crippen LogP contribution in [0.5, 0.6) is 5.75 Å². The molecule has 0 fully saturated rings. The highest BCUT2D eigenvalue weighted by Crippen LogP contribution is 2.15. The Kier molecular flexibility index (Phi) is 7.79. The lowest BCUT2D eigenvalue weighted by Crippen LogP contribution is -2.32. The predicted molar refractivity (Wildman–Crippen MR) is 81.1 cm³/mol. The number of hydrogen-bond acceptors (Lipinski definition) is 4. The van der Waals surface area contributed by atoms with Crippen molar-refractivity contribution >= 4 is 17.6 Å². The summed E-state index contributed by atoms with van der Waals surface area (Å²) in [4.78, 5) is 3.86. The SMILES string of the molecule is NC(N)=NCCCNCC(O)COc1ccc(Cl)cc1. The van der Waals surface area contributed by atoms with Crippen LogP contribution in [0, 0.1) is 0 Å². The number of halogens is 1. The van der Waals surface area contributed by atoms with E-state index in [0.717, 1.165) is 13.0 Å². The van der Waals surface area contributed by atoms with E-state index in [9.17, 15) is 5.11 Å². The smallest absolute Gasteiger partial charge is 0.185 e. The molecule has 0 aliphatic heterocycles. The Labute approximate surface area is 123 Å². The first-order chi connectivity index (χ1) is 9.58. The molecule has 6 nitrogen and oxygen atoms in total. The number of aliphatic hydroxyl groups is 1. The van der Waals surface area contributed by atoms with Crippen molar-refractivity contribution < 1.29 is 9.84 Å². The van der Waals surface area contributed by atoms with Crippen LogP contribution in [0.3, 0.4) is 0 Å². The van der Waals surface area contributed by atoms with Gasteiger partial charge < -0.3 is 26.6 Å². The second kappa shape index (κ2) is 9.41. The quantitative estimate of drug-likeness (QED) is 0.299. The van der Waals surface area contributed by atoms with Gasteiger partial charge in [-0.3, -0.25) is 4.99 Å². The first-order valence-electron chi connectivity index (χ1n) is 6.40. The molecule has 0 aliphatic carbocycles. The maximum atomic E-state index is 9.73. The average molecular weight is 301 g/mol. The van der Waals surface area contributed by atoms with Gasteiger partial charge in [0, 0.05) is 18.1 Å². The Morgan fingerprint density at radius 2 is 2.05 bits per heavy atom. The summed E-state index contributed by atoms with van der Waals surface area (Å²) in [6, 6.07) is 7.01. The molecule has 0 bridgehead atoms. The number of aliphatic imine (C=N–C) groups is 1. The zero-order valence-electron chi connectivity index (χ0n) is 11.3. The van der Waals surface area contributed by atoms with E-state index < -0.39 is 6.10 Å². The molecule has 0 aliphatic rings. The number of nitrogens with one attached hydrogen (secondary N) is 1. The molecule has 1 aromatic carbocycles. The summed E-state index contributed by atoms with van der Waals surface area (Å²) < 4.78 is 5.43. The van der Waals surface area contributed by atoms with Gasteiger partial charge in [0.1, 0.15) is 18.5 Å². The molecule has 0 saturated carbocycles. The van der Waals surface area contributed by atoms with E-state index in [1.165, 1.54) is 0 Å². The van der Waals surface area contributed by atoms with Crippen LogP contribution >= 0.6 is 11.6 Å². The van der Waals surface area contributed by atoms with E-state index in [1.54, 1.807) is 24.3 Å². The minimum Gasteiger partial charge on any atom is -0.491 e. The molecule has 0 amide bonds. The van der Waals surface area contributed by atoms with Crippen LogP contribution < -0.4 is 21.5 Å². The molecule has 0 radical (unpaired) electrons. The van der Waals surface area contributed by atoms with Gasteiger partial charge in [-0.1, -0.05) is 11.6 Å². The van der Waals surface area contributed by atoms with E-state index >= 15 is 0 Å². The van der Waals surface area contributed by atoms with Crippen molar-refractivity contribution in [3.05, 3.63) is 29.3 Å². The molecule has 7 heteroatoms. The molecule has 0 saturated heterocycles. The number of nitrogens with zero attached hydrogens (tertiary/aromatic N) is 1. The van der Waals surface area contributed by atoms with Crippen molar-refractivity contribution in [2.24, 2.45) is 16.5 Å². The Morgan fingerprint density at radius 3 is 2.70 bits per heavy atom. The number of rotatable bonds is 9. The average Bonchev–Trinajstić information content (AvgIpc) is 2.41. The minimum absolute atomic E-state index is 0.0985. The van der Waals surface area contributed by atoms with E-state index in [-0.39, 0.29) is 12.6 Å². The monoisotopic (exact) mass is 300 g/mol. The molecule has 1 rings (SSSR count). The van der Waals surface area contributed by atoms with Gasteiger partial charge in [0.15, 0.2) is 5.96 Å². The zero-order chi connectivity index (χ0) is 14.8. The molecule has 0 aromatic heterocycles. The maximum Gasteiger partial charge on any atom is 0.185 e. The minimum atomic E-state index is -0.575. The van der Waals surface area contributed by atoms with Gasteiger partial charge in [-0.05, 0) is 37.2 Å². The predicted octanol–water partition coefficient (Wildman–Crippen LogP) is 0.333. The molecule has 20 heavy (non-hydrogen) atoms. The molecular formula is C13H21ClN4O2. The van der Waals surface area contributed by atoms with Gasteiger partial charge in [-0.25, -0.2) is 0 Å². The fourth-order valence-corrected chi connectivity index (χ4v) is 1.59. The Bertz CT molecular complexity index is 407. The summed E-state index contributed by atoms with van der Waals surface area (Å²) in [6.45, 7) is 1.99. The third-order valence-electron chi connectivity index (χ3n) is 2.44. The van der Waals surface area contributed by atoms with Crippen molar-refractivity contribution in [3.8, 4) is 5.75 Å². The highest BCUT2D eigenvalue weighted by molar-refractivity contribution is 6.30. The summed E-state index contributed by atoms with van der Waals surface area (Å²) in [6.07, 6.45) is 0.233. The van der Waals surface area contributed by atoms with Crippen LogP contribution in [0.15, 0.2) is 29.3 Å². The van der Waals surface area contributed by atoms with E-state index in [4.69, 9.17) is 27.8 Å². The highest BCUT2D eigenvalue weighted by Gasteiger charge is 2.04. The Morgan fingerprint density at radius 1 is 1.35 bits per heavy atom. The molecule has 6 N–H and O–H groups in total. The van der Waals surface area contributed by atoms with Crippen LogP contribution in [-0.2, 0) is 0 Å². The molecule has 112 valence electrons. The molecule has 0 spiro atoms. The number of ether oxygens (including phenoxy) is 1. The van der Waals surface area contributed by atoms with Crippen molar-refractivity contribution in [1.82, 2.24) is 5.32 Å². The normalized spacial score (nSPS) is 11.9. The topological polar surface area (TPSA) is 106 Å². The second-order valence-corrected chi connectivity index (χ2v) is 4.72. The van der Waals surface area contributed by atoms with Crippen LogP contribution in [0.4, 0.5) is 0 Å². The first kappa shape index (κ1) is 16.6. The first-order valence-corrected chi connectivity index (χ1v) is 6.78. The van der Waals surface area contributed by atoms with E-state index in [0.29, 0.717) is 23.9 Å². The lowest BCUT2D eigenvalue weighted by molar-refractivity contribution is 0.106. The number of guanidine groups is 1. The van der Waals surface area contributed by atoms with Gasteiger partial charge in [0.05, 0.1) is 0 Å². The molecule has 0 heterocycles. The van der Waals surface area contributed by atoms with Crippen molar-refractivity contribution in [3.63, 3.8) is 0 Å². The van der Waals surface area contributed by atoms with Gasteiger partial charge in [-0.2, -0.15) is 0 Å². The lowest BCUT2D eigenvalue weighted by Gasteiger charge is -2.13. The van der Waals surface area contributed by atoms with Crippen LogP contribution in [0.25, 0.3) is 0 Å².